The minimum Gasteiger partial charge on any atom is -0.497 e. The fourth-order valence-electron chi connectivity index (χ4n) is 1.70. The van der Waals surface area contributed by atoms with E-state index in [0.717, 1.165) is 11.3 Å². The first-order chi connectivity index (χ1) is 9.10. The Morgan fingerprint density at radius 1 is 1.37 bits per heavy atom. The first-order valence-electron chi connectivity index (χ1n) is 6.23. The van der Waals surface area contributed by atoms with Gasteiger partial charge < -0.3 is 14.4 Å². The largest absolute Gasteiger partial charge is 0.497 e. The van der Waals surface area contributed by atoms with Crippen molar-refractivity contribution in [1.82, 2.24) is 10.1 Å². The lowest BCUT2D eigenvalue weighted by Gasteiger charge is -2.08. The summed E-state index contributed by atoms with van der Waals surface area (Å²) in [5, 5.41) is 13.4. The van der Waals surface area contributed by atoms with Gasteiger partial charge in [0.15, 0.2) is 5.82 Å². The van der Waals surface area contributed by atoms with Gasteiger partial charge in [-0.2, -0.15) is 4.98 Å². The van der Waals surface area contributed by atoms with Crippen LogP contribution in [-0.4, -0.2) is 28.5 Å². The Balaban J connectivity index is 2.11. The fourth-order valence-corrected chi connectivity index (χ4v) is 1.70. The summed E-state index contributed by atoms with van der Waals surface area (Å²) in [6.45, 7) is 3.56. The number of hydrogen-bond donors (Lipinski definition) is 1. The van der Waals surface area contributed by atoms with Crippen molar-refractivity contribution in [2.24, 2.45) is 0 Å². The molecule has 0 aliphatic rings. The number of benzene rings is 1. The maximum atomic E-state index is 9.50. The van der Waals surface area contributed by atoms with Crippen molar-refractivity contribution in [3.05, 3.63) is 41.5 Å². The molecule has 0 saturated carbocycles. The van der Waals surface area contributed by atoms with Crippen molar-refractivity contribution in [1.29, 1.82) is 0 Å². The molecule has 2 rings (SSSR count). The summed E-state index contributed by atoms with van der Waals surface area (Å²) in [7, 11) is 1.63. The highest BCUT2D eigenvalue weighted by atomic mass is 16.5. The molecule has 5 nitrogen and oxygen atoms in total. The molecule has 0 spiro atoms. The van der Waals surface area contributed by atoms with E-state index in [0.29, 0.717) is 18.1 Å². The second-order valence-corrected chi connectivity index (χ2v) is 4.61. The van der Waals surface area contributed by atoms with Gasteiger partial charge in [-0.3, -0.25) is 0 Å². The SMILES string of the molecule is COc1cccc(Cc2noc(C(C)C(C)O)n2)c1. The summed E-state index contributed by atoms with van der Waals surface area (Å²) >= 11 is 0. The Hall–Kier alpha value is -1.88. The highest BCUT2D eigenvalue weighted by Gasteiger charge is 2.18. The molecule has 1 aromatic heterocycles. The van der Waals surface area contributed by atoms with E-state index >= 15 is 0 Å². The van der Waals surface area contributed by atoms with Crippen molar-refractivity contribution in [2.45, 2.75) is 32.3 Å². The van der Waals surface area contributed by atoms with E-state index < -0.39 is 6.10 Å². The van der Waals surface area contributed by atoms with Crippen LogP contribution in [0.5, 0.6) is 5.75 Å². The van der Waals surface area contributed by atoms with Gasteiger partial charge >= 0.3 is 0 Å². The first-order valence-corrected chi connectivity index (χ1v) is 6.23. The van der Waals surface area contributed by atoms with Crippen LogP contribution in [0.4, 0.5) is 0 Å². The van der Waals surface area contributed by atoms with E-state index in [4.69, 9.17) is 9.26 Å². The van der Waals surface area contributed by atoms with E-state index in [1.54, 1.807) is 14.0 Å². The Morgan fingerprint density at radius 2 is 2.16 bits per heavy atom. The second kappa shape index (κ2) is 5.84. The predicted molar refractivity (Wildman–Crippen MR) is 70.2 cm³/mol. The summed E-state index contributed by atoms with van der Waals surface area (Å²) in [4.78, 5) is 4.30. The molecule has 0 aliphatic carbocycles. The maximum absolute atomic E-state index is 9.50. The fraction of sp³-hybridized carbons (Fsp3) is 0.429. The maximum Gasteiger partial charge on any atom is 0.232 e. The van der Waals surface area contributed by atoms with E-state index in [1.165, 1.54) is 0 Å². The summed E-state index contributed by atoms with van der Waals surface area (Å²) in [5.41, 5.74) is 1.05. The Labute approximate surface area is 112 Å². The lowest BCUT2D eigenvalue weighted by atomic mass is 10.1. The molecule has 102 valence electrons. The molecule has 1 N–H and O–H groups in total. The molecule has 0 bridgehead atoms. The van der Waals surface area contributed by atoms with Gasteiger partial charge in [0.1, 0.15) is 5.75 Å². The molecule has 0 amide bonds. The van der Waals surface area contributed by atoms with Gasteiger partial charge in [0, 0.05) is 6.42 Å². The minimum atomic E-state index is -0.509. The van der Waals surface area contributed by atoms with Crippen LogP contribution >= 0.6 is 0 Å². The normalized spacial score (nSPS) is 14.1. The number of ether oxygens (including phenoxy) is 1. The molecule has 2 atom stereocenters. The molecular formula is C14H18N2O3. The van der Waals surface area contributed by atoms with Gasteiger partial charge in [0.25, 0.3) is 0 Å². The van der Waals surface area contributed by atoms with Crippen LogP contribution in [0.15, 0.2) is 28.8 Å². The van der Waals surface area contributed by atoms with Crippen LogP contribution in [0.25, 0.3) is 0 Å². The number of hydrogen-bond acceptors (Lipinski definition) is 5. The van der Waals surface area contributed by atoms with Gasteiger partial charge in [-0.1, -0.05) is 24.2 Å². The third-order valence-corrected chi connectivity index (χ3v) is 3.09. The number of rotatable bonds is 5. The first kappa shape index (κ1) is 13.5. The van der Waals surface area contributed by atoms with Gasteiger partial charge in [-0.25, -0.2) is 0 Å². The number of methoxy groups -OCH3 is 1. The van der Waals surface area contributed by atoms with E-state index in [2.05, 4.69) is 10.1 Å². The summed E-state index contributed by atoms with van der Waals surface area (Å²) in [6.07, 6.45) is 0.0675. The lowest BCUT2D eigenvalue weighted by molar-refractivity contribution is 0.151. The van der Waals surface area contributed by atoms with Crippen LogP contribution in [0.1, 0.15) is 37.0 Å². The Morgan fingerprint density at radius 3 is 2.84 bits per heavy atom. The molecule has 2 unspecified atom stereocenters. The molecule has 5 heteroatoms. The highest BCUT2D eigenvalue weighted by molar-refractivity contribution is 5.30. The standard InChI is InChI=1S/C14H18N2O3/c1-9(10(2)17)14-15-13(16-19-14)8-11-5-4-6-12(7-11)18-3/h4-7,9-10,17H,8H2,1-3H3. The average molecular weight is 262 g/mol. The predicted octanol–water partition coefficient (Wildman–Crippen LogP) is 2.15. The van der Waals surface area contributed by atoms with Crippen LogP contribution in [-0.2, 0) is 6.42 Å². The summed E-state index contributed by atoms with van der Waals surface area (Å²) in [6, 6.07) is 7.74. The van der Waals surface area contributed by atoms with Crippen molar-refractivity contribution in [3.8, 4) is 5.75 Å². The number of nitrogens with zero attached hydrogens (tertiary/aromatic N) is 2. The molecule has 0 saturated heterocycles. The summed E-state index contributed by atoms with van der Waals surface area (Å²) in [5.74, 6) is 1.72. The topological polar surface area (TPSA) is 68.4 Å². The molecule has 1 aromatic carbocycles. The van der Waals surface area contributed by atoms with Gasteiger partial charge in [0.05, 0.1) is 19.1 Å². The molecule has 2 aromatic rings. The van der Waals surface area contributed by atoms with E-state index in [9.17, 15) is 5.11 Å². The molecular weight excluding hydrogens is 244 g/mol. The third kappa shape index (κ3) is 3.32. The zero-order valence-corrected chi connectivity index (χ0v) is 11.3. The number of aliphatic hydroxyl groups is 1. The van der Waals surface area contributed by atoms with Crippen LogP contribution in [0.2, 0.25) is 0 Å². The third-order valence-electron chi connectivity index (χ3n) is 3.09. The number of aromatic nitrogens is 2. The molecule has 19 heavy (non-hydrogen) atoms. The van der Waals surface area contributed by atoms with E-state index in [-0.39, 0.29) is 5.92 Å². The van der Waals surface area contributed by atoms with Crippen molar-refractivity contribution in [2.75, 3.05) is 7.11 Å². The molecule has 0 aliphatic heterocycles. The van der Waals surface area contributed by atoms with Crippen molar-refractivity contribution < 1.29 is 14.4 Å². The summed E-state index contributed by atoms with van der Waals surface area (Å²) < 4.78 is 10.3. The monoisotopic (exact) mass is 262 g/mol. The zero-order valence-electron chi connectivity index (χ0n) is 11.3. The smallest absolute Gasteiger partial charge is 0.232 e. The lowest BCUT2D eigenvalue weighted by Crippen LogP contribution is -2.11. The minimum absolute atomic E-state index is 0.161. The van der Waals surface area contributed by atoms with Crippen LogP contribution in [0.3, 0.4) is 0 Å². The Kier molecular flexibility index (Phi) is 4.16. The highest BCUT2D eigenvalue weighted by Crippen LogP contribution is 2.19. The second-order valence-electron chi connectivity index (χ2n) is 4.61. The van der Waals surface area contributed by atoms with Gasteiger partial charge in [-0.15, -0.1) is 0 Å². The average Bonchev–Trinajstić information content (AvgIpc) is 2.86. The van der Waals surface area contributed by atoms with E-state index in [1.807, 2.05) is 31.2 Å². The van der Waals surface area contributed by atoms with Crippen molar-refractivity contribution >= 4 is 0 Å². The number of aliphatic hydroxyl groups excluding tert-OH is 1. The van der Waals surface area contributed by atoms with Gasteiger partial charge in [-0.05, 0) is 24.6 Å². The van der Waals surface area contributed by atoms with Crippen molar-refractivity contribution in [3.63, 3.8) is 0 Å². The molecule has 0 radical (unpaired) electrons. The van der Waals surface area contributed by atoms with Crippen LogP contribution < -0.4 is 4.74 Å². The zero-order chi connectivity index (χ0) is 13.8. The molecule has 0 fully saturated rings. The van der Waals surface area contributed by atoms with Crippen LogP contribution in [0, 0.1) is 0 Å². The van der Waals surface area contributed by atoms with Gasteiger partial charge in [0.2, 0.25) is 5.89 Å². The quantitative estimate of drug-likeness (QED) is 0.894. The Bertz CT molecular complexity index is 537. The molecule has 1 heterocycles.